The van der Waals surface area contributed by atoms with Gasteiger partial charge in [-0.25, -0.2) is 0 Å². The number of carbonyl (C=O) groups is 2. The Hall–Kier alpha value is -1.22. The molecular formula is C12H22O8. The zero-order valence-corrected chi connectivity index (χ0v) is 12.1. The minimum absolute atomic E-state index is 0.0686. The smallest absolute Gasteiger partial charge is 0.303 e. The first-order valence-electron chi connectivity index (χ1n) is 6.01. The SMILES string of the molecule is COCC(OC(C)=O)C(O)C(OC)C(O)COC(C)=O. The minimum Gasteiger partial charge on any atom is -0.463 e. The summed E-state index contributed by atoms with van der Waals surface area (Å²) in [5.41, 5.74) is 0. The van der Waals surface area contributed by atoms with E-state index in [1.807, 2.05) is 0 Å². The van der Waals surface area contributed by atoms with Crippen molar-refractivity contribution in [3.05, 3.63) is 0 Å². The monoisotopic (exact) mass is 294 g/mol. The molecule has 4 atom stereocenters. The molecular weight excluding hydrogens is 272 g/mol. The highest BCUT2D eigenvalue weighted by Gasteiger charge is 2.35. The van der Waals surface area contributed by atoms with Crippen LogP contribution < -0.4 is 0 Å². The van der Waals surface area contributed by atoms with Crippen LogP contribution in [0.4, 0.5) is 0 Å². The Morgan fingerprint density at radius 3 is 2.05 bits per heavy atom. The normalized spacial score (nSPS) is 16.9. The van der Waals surface area contributed by atoms with Gasteiger partial charge in [-0.1, -0.05) is 0 Å². The number of esters is 2. The van der Waals surface area contributed by atoms with Crippen LogP contribution in [0.15, 0.2) is 0 Å². The second-order valence-corrected chi connectivity index (χ2v) is 4.16. The highest BCUT2D eigenvalue weighted by atomic mass is 16.6. The topological polar surface area (TPSA) is 112 Å². The molecule has 0 aliphatic carbocycles. The molecule has 0 aliphatic heterocycles. The molecule has 0 heterocycles. The summed E-state index contributed by atoms with van der Waals surface area (Å²) in [7, 11) is 2.64. The first-order valence-corrected chi connectivity index (χ1v) is 6.01. The summed E-state index contributed by atoms with van der Waals surface area (Å²) in [5, 5.41) is 19.9. The number of aliphatic hydroxyl groups excluding tert-OH is 2. The van der Waals surface area contributed by atoms with Crippen LogP contribution >= 0.6 is 0 Å². The van der Waals surface area contributed by atoms with Gasteiger partial charge in [-0.2, -0.15) is 0 Å². The van der Waals surface area contributed by atoms with Crippen molar-refractivity contribution in [1.82, 2.24) is 0 Å². The van der Waals surface area contributed by atoms with Crippen LogP contribution in [-0.2, 0) is 28.5 Å². The van der Waals surface area contributed by atoms with Crippen LogP contribution in [0.3, 0.4) is 0 Å². The summed E-state index contributed by atoms with van der Waals surface area (Å²) >= 11 is 0. The molecule has 2 N–H and O–H groups in total. The predicted octanol–water partition coefficient (Wildman–Crippen LogP) is -1.14. The molecule has 0 aliphatic rings. The third kappa shape index (κ3) is 6.80. The molecule has 8 nitrogen and oxygen atoms in total. The predicted molar refractivity (Wildman–Crippen MR) is 66.9 cm³/mol. The summed E-state index contributed by atoms with van der Waals surface area (Å²) in [4.78, 5) is 21.7. The number of rotatable bonds is 9. The van der Waals surface area contributed by atoms with Crippen molar-refractivity contribution in [3.63, 3.8) is 0 Å². The summed E-state index contributed by atoms with van der Waals surface area (Å²) in [6.45, 7) is 1.97. The molecule has 20 heavy (non-hydrogen) atoms. The van der Waals surface area contributed by atoms with Gasteiger partial charge in [-0.3, -0.25) is 9.59 Å². The molecule has 0 saturated carbocycles. The maximum Gasteiger partial charge on any atom is 0.303 e. The van der Waals surface area contributed by atoms with Crippen LogP contribution in [0, 0.1) is 0 Å². The van der Waals surface area contributed by atoms with Crippen LogP contribution in [0.25, 0.3) is 0 Å². The zero-order valence-electron chi connectivity index (χ0n) is 12.1. The molecule has 4 unspecified atom stereocenters. The van der Waals surface area contributed by atoms with E-state index in [-0.39, 0.29) is 13.2 Å². The van der Waals surface area contributed by atoms with Gasteiger partial charge < -0.3 is 29.2 Å². The number of hydrogen-bond acceptors (Lipinski definition) is 8. The second kappa shape index (κ2) is 9.65. The first kappa shape index (κ1) is 18.8. The second-order valence-electron chi connectivity index (χ2n) is 4.16. The Balaban J connectivity index is 4.71. The molecule has 0 aromatic rings. The summed E-state index contributed by atoms with van der Waals surface area (Å²) in [6, 6.07) is 0. The van der Waals surface area contributed by atoms with E-state index in [0.29, 0.717) is 0 Å². The van der Waals surface area contributed by atoms with Gasteiger partial charge in [0.25, 0.3) is 0 Å². The van der Waals surface area contributed by atoms with E-state index in [0.717, 1.165) is 0 Å². The van der Waals surface area contributed by atoms with Crippen LogP contribution in [0.2, 0.25) is 0 Å². The quantitative estimate of drug-likeness (QED) is 0.514. The molecule has 8 heteroatoms. The van der Waals surface area contributed by atoms with Crippen molar-refractivity contribution in [1.29, 1.82) is 0 Å². The van der Waals surface area contributed by atoms with E-state index in [1.165, 1.54) is 28.1 Å². The van der Waals surface area contributed by atoms with Crippen LogP contribution in [0.5, 0.6) is 0 Å². The largest absolute Gasteiger partial charge is 0.463 e. The molecule has 0 rings (SSSR count). The molecule has 0 aromatic carbocycles. The molecule has 0 bridgehead atoms. The summed E-state index contributed by atoms with van der Waals surface area (Å²) in [5.74, 6) is -1.17. The number of aliphatic hydroxyl groups is 2. The van der Waals surface area contributed by atoms with Crippen molar-refractivity contribution < 1.29 is 38.7 Å². The molecule has 0 saturated heterocycles. The number of hydrogen-bond donors (Lipinski definition) is 2. The fraction of sp³-hybridized carbons (Fsp3) is 0.833. The molecule has 0 amide bonds. The standard InChI is InChI=1S/C12H22O8/c1-7(13)19-5-9(15)12(18-4)11(16)10(6-17-3)20-8(2)14/h9-12,15-16H,5-6H2,1-4H3. The molecule has 118 valence electrons. The van der Waals surface area contributed by atoms with Crippen molar-refractivity contribution in [3.8, 4) is 0 Å². The van der Waals surface area contributed by atoms with Crippen LogP contribution in [-0.4, -0.2) is 74.0 Å². The lowest BCUT2D eigenvalue weighted by atomic mass is 10.0. The lowest BCUT2D eigenvalue weighted by Crippen LogP contribution is -2.50. The van der Waals surface area contributed by atoms with Crippen molar-refractivity contribution in [2.75, 3.05) is 27.4 Å². The molecule has 0 aromatic heterocycles. The van der Waals surface area contributed by atoms with Gasteiger partial charge in [-0.15, -0.1) is 0 Å². The Morgan fingerprint density at radius 2 is 1.65 bits per heavy atom. The van der Waals surface area contributed by atoms with Gasteiger partial charge in [0.2, 0.25) is 0 Å². The maximum atomic E-state index is 11.0. The number of methoxy groups -OCH3 is 2. The molecule has 0 spiro atoms. The zero-order chi connectivity index (χ0) is 15.7. The highest BCUT2D eigenvalue weighted by molar-refractivity contribution is 5.66. The van der Waals surface area contributed by atoms with Crippen molar-refractivity contribution in [2.24, 2.45) is 0 Å². The fourth-order valence-electron chi connectivity index (χ4n) is 1.61. The third-order valence-corrected chi connectivity index (χ3v) is 2.47. The Kier molecular flexibility index (Phi) is 9.06. The van der Waals surface area contributed by atoms with Crippen LogP contribution in [0.1, 0.15) is 13.8 Å². The minimum atomic E-state index is -1.34. The fourth-order valence-corrected chi connectivity index (χ4v) is 1.61. The van der Waals surface area contributed by atoms with E-state index >= 15 is 0 Å². The Labute approximate surface area is 117 Å². The first-order chi connectivity index (χ1) is 9.33. The summed E-state index contributed by atoms with van der Waals surface area (Å²) < 4.78 is 19.4. The van der Waals surface area contributed by atoms with Crippen molar-refractivity contribution in [2.45, 2.75) is 38.3 Å². The van der Waals surface area contributed by atoms with E-state index in [2.05, 4.69) is 4.74 Å². The molecule has 0 fully saturated rings. The third-order valence-electron chi connectivity index (χ3n) is 2.47. The van der Waals surface area contributed by atoms with Gasteiger partial charge >= 0.3 is 11.9 Å². The van der Waals surface area contributed by atoms with Gasteiger partial charge in [0.15, 0.2) is 6.10 Å². The van der Waals surface area contributed by atoms with E-state index in [4.69, 9.17) is 14.2 Å². The van der Waals surface area contributed by atoms with Crippen molar-refractivity contribution >= 4 is 11.9 Å². The lowest BCUT2D eigenvalue weighted by molar-refractivity contribution is -0.176. The average Bonchev–Trinajstić information content (AvgIpc) is 2.36. The summed E-state index contributed by atoms with van der Waals surface area (Å²) in [6.07, 6.45) is -4.72. The van der Waals surface area contributed by atoms with E-state index < -0.39 is 36.4 Å². The van der Waals surface area contributed by atoms with Gasteiger partial charge in [0, 0.05) is 28.1 Å². The van der Waals surface area contributed by atoms with E-state index in [1.54, 1.807) is 0 Å². The lowest BCUT2D eigenvalue weighted by Gasteiger charge is -2.30. The number of ether oxygens (including phenoxy) is 4. The Morgan fingerprint density at radius 1 is 1.05 bits per heavy atom. The van der Waals surface area contributed by atoms with Gasteiger partial charge in [0.05, 0.1) is 6.61 Å². The van der Waals surface area contributed by atoms with Gasteiger partial charge in [0.1, 0.15) is 24.9 Å². The average molecular weight is 294 g/mol. The highest BCUT2D eigenvalue weighted by Crippen LogP contribution is 2.13. The number of carbonyl (C=O) groups excluding carboxylic acids is 2. The maximum absolute atomic E-state index is 11.0. The molecule has 0 radical (unpaired) electrons. The van der Waals surface area contributed by atoms with E-state index in [9.17, 15) is 19.8 Å². The Bertz CT molecular complexity index is 306. The van der Waals surface area contributed by atoms with Gasteiger partial charge in [-0.05, 0) is 0 Å².